The van der Waals surface area contributed by atoms with Gasteiger partial charge < -0.3 is 9.57 Å². The lowest BCUT2D eigenvalue weighted by Crippen LogP contribution is -2.29. The second kappa shape index (κ2) is 2.57. The summed E-state index contributed by atoms with van der Waals surface area (Å²) in [5, 5.41) is 3.88. The molecule has 1 aliphatic heterocycles. The topological polar surface area (TPSA) is 30.8 Å². The predicted octanol–water partition coefficient (Wildman–Crippen LogP) is 1.70. The van der Waals surface area contributed by atoms with Crippen LogP contribution >= 0.6 is 0 Å². The predicted molar refractivity (Wildman–Crippen MR) is 43.4 cm³/mol. The molecule has 1 heterocycles. The standard InChI is InChI=1S/C8H13NO2/c1-6-5-11-8(2,3)7(6)9-10-4/h5H,1-4H3/b9-7-. The minimum absolute atomic E-state index is 0.333. The highest BCUT2D eigenvalue weighted by Gasteiger charge is 2.33. The van der Waals surface area contributed by atoms with Gasteiger partial charge in [0.2, 0.25) is 0 Å². The molecule has 1 aliphatic rings. The van der Waals surface area contributed by atoms with Crippen molar-refractivity contribution in [2.45, 2.75) is 26.4 Å². The Bertz CT molecular complexity index is 216. The molecule has 0 fully saturated rings. The van der Waals surface area contributed by atoms with Crippen molar-refractivity contribution in [3.8, 4) is 0 Å². The maximum absolute atomic E-state index is 5.34. The number of ether oxygens (including phenoxy) is 1. The first-order valence-electron chi connectivity index (χ1n) is 3.54. The van der Waals surface area contributed by atoms with E-state index in [4.69, 9.17) is 9.57 Å². The molecular formula is C8H13NO2. The number of oxime groups is 1. The van der Waals surface area contributed by atoms with Gasteiger partial charge in [-0.25, -0.2) is 0 Å². The van der Waals surface area contributed by atoms with Gasteiger partial charge in [-0.05, 0) is 20.8 Å². The summed E-state index contributed by atoms with van der Waals surface area (Å²) in [5.41, 5.74) is 1.55. The second-order valence-electron chi connectivity index (χ2n) is 3.05. The third kappa shape index (κ3) is 1.37. The van der Waals surface area contributed by atoms with Gasteiger partial charge in [-0.3, -0.25) is 0 Å². The van der Waals surface area contributed by atoms with Gasteiger partial charge in [0.05, 0.1) is 6.26 Å². The van der Waals surface area contributed by atoms with Crippen LogP contribution in [0.2, 0.25) is 0 Å². The van der Waals surface area contributed by atoms with Crippen molar-refractivity contribution in [3.63, 3.8) is 0 Å². The monoisotopic (exact) mass is 155 g/mol. The molecule has 0 amide bonds. The van der Waals surface area contributed by atoms with Gasteiger partial charge >= 0.3 is 0 Å². The van der Waals surface area contributed by atoms with Crippen molar-refractivity contribution in [2.75, 3.05) is 7.11 Å². The molecule has 3 heteroatoms. The summed E-state index contributed by atoms with van der Waals surface area (Å²) < 4.78 is 5.34. The molecule has 0 aromatic rings. The highest BCUT2D eigenvalue weighted by atomic mass is 16.6. The first kappa shape index (κ1) is 8.11. The van der Waals surface area contributed by atoms with E-state index in [9.17, 15) is 0 Å². The zero-order valence-corrected chi connectivity index (χ0v) is 7.34. The van der Waals surface area contributed by atoms with Crippen LogP contribution in [-0.2, 0) is 9.57 Å². The summed E-state index contributed by atoms with van der Waals surface area (Å²) in [5.74, 6) is 0. The lowest BCUT2D eigenvalue weighted by atomic mass is 10.00. The van der Waals surface area contributed by atoms with Crippen molar-refractivity contribution in [2.24, 2.45) is 5.16 Å². The van der Waals surface area contributed by atoms with Crippen molar-refractivity contribution >= 4 is 5.71 Å². The average molecular weight is 155 g/mol. The molecule has 0 aromatic heterocycles. The van der Waals surface area contributed by atoms with E-state index >= 15 is 0 Å². The quantitative estimate of drug-likeness (QED) is 0.539. The fraction of sp³-hybridized carbons (Fsp3) is 0.625. The number of hydrogen-bond donors (Lipinski definition) is 0. The van der Waals surface area contributed by atoms with E-state index in [1.54, 1.807) is 6.26 Å². The molecule has 0 radical (unpaired) electrons. The number of rotatable bonds is 1. The SMILES string of the molecule is CO/N=C1/C(C)=COC1(C)C. The molecule has 0 N–H and O–H groups in total. The Labute approximate surface area is 66.7 Å². The van der Waals surface area contributed by atoms with Gasteiger partial charge in [0.1, 0.15) is 18.4 Å². The summed E-state index contributed by atoms with van der Waals surface area (Å²) in [6.45, 7) is 5.86. The molecule has 0 unspecified atom stereocenters. The highest BCUT2D eigenvalue weighted by molar-refractivity contribution is 6.06. The Hall–Kier alpha value is -0.990. The Morgan fingerprint density at radius 1 is 1.55 bits per heavy atom. The Kier molecular flexibility index (Phi) is 1.89. The van der Waals surface area contributed by atoms with Crippen molar-refractivity contribution < 1.29 is 9.57 Å². The molecule has 0 spiro atoms. The minimum Gasteiger partial charge on any atom is -0.489 e. The van der Waals surface area contributed by atoms with Crippen molar-refractivity contribution in [3.05, 3.63) is 11.8 Å². The van der Waals surface area contributed by atoms with Gasteiger partial charge in [-0.2, -0.15) is 0 Å². The summed E-state index contributed by atoms with van der Waals surface area (Å²) in [6, 6.07) is 0. The lowest BCUT2D eigenvalue weighted by Gasteiger charge is -2.18. The van der Waals surface area contributed by atoms with Gasteiger partial charge in [0, 0.05) is 5.57 Å². The highest BCUT2D eigenvalue weighted by Crippen LogP contribution is 2.24. The molecule has 3 nitrogen and oxygen atoms in total. The van der Waals surface area contributed by atoms with E-state index in [2.05, 4.69) is 5.16 Å². The van der Waals surface area contributed by atoms with Crippen LogP contribution in [0, 0.1) is 0 Å². The van der Waals surface area contributed by atoms with Gasteiger partial charge in [-0.15, -0.1) is 0 Å². The molecular weight excluding hydrogens is 142 g/mol. The van der Waals surface area contributed by atoms with E-state index in [0.717, 1.165) is 11.3 Å². The van der Waals surface area contributed by atoms with Crippen LogP contribution in [-0.4, -0.2) is 18.4 Å². The molecule has 0 saturated carbocycles. The van der Waals surface area contributed by atoms with E-state index in [0.29, 0.717) is 0 Å². The maximum Gasteiger partial charge on any atom is 0.148 e. The fourth-order valence-corrected chi connectivity index (χ4v) is 1.10. The molecule has 0 saturated heterocycles. The van der Waals surface area contributed by atoms with Gasteiger partial charge in [-0.1, -0.05) is 5.16 Å². The first-order valence-corrected chi connectivity index (χ1v) is 3.54. The molecule has 0 bridgehead atoms. The van der Waals surface area contributed by atoms with Crippen LogP contribution in [0.15, 0.2) is 17.0 Å². The smallest absolute Gasteiger partial charge is 0.148 e. The Morgan fingerprint density at radius 3 is 2.55 bits per heavy atom. The zero-order chi connectivity index (χ0) is 8.48. The van der Waals surface area contributed by atoms with Crippen LogP contribution in [0.4, 0.5) is 0 Å². The van der Waals surface area contributed by atoms with Crippen LogP contribution in [0.5, 0.6) is 0 Å². The average Bonchev–Trinajstić information content (AvgIpc) is 2.16. The summed E-state index contributed by atoms with van der Waals surface area (Å²) in [4.78, 5) is 4.70. The Morgan fingerprint density at radius 2 is 2.18 bits per heavy atom. The van der Waals surface area contributed by atoms with Crippen LogP contribution in [0.25, 0.3) is 0 Å². The van der Waals surface area contributed by atoms with Crippen molar-refractivity contribution in [1.82, 2.24) is 0 Å². The van der Waals surface area contributed by atoms with Crippen LogP contribution in [0.3, 0.4) is 0 Å². The minimum atomic E-state index is -0.333. The van der Waals surface area contributed by atoms with Gasteiger partial charge in [0.25, 0.3) is 0 Å². The normalized spacial score (nSPS) is 24.7. The Balaban J connectivity index is 2.90. The van der Waals surface area contributed by atoms with Crippen LogP contribution in [0.1, 0.15) is 20.8 Å². The zero-order valence-electron chi connectivity index (χ0n) is 7.34. The molecule has 11 heavy (non-hydrogen) atoms. The number of nitrogens with zero attached hydrogens (tertiary/aromatic N) is 1. The molecule has 0 atom stereocenters. The van der Waals surface area contributed by atoms with E-state index in [1.807, 2.05) is 20.8 Å². The molecule has 0 aliphatic carbocycles. The first-order chi connectivity index (χ1) is 5.08. The summed E-state index contributed by atoms with van der Waals surface area (Å²) >= 11 is 0. The summed E-state index contributed by atoms with van der Waals surface area (Å²) in [6.07, 6.45) is 1.71. The third-order valence-corrected chi connectivity index (χ3v) is 1.66. The second-order valence-corrected chi connectivity index (χ2v) is 3.05. The molecule has 0 aromatic carbocycles. The largest absolute Gasteiger partial charge is 0.489 e. The lowest BCUT2D eigenvalue weighted by molar-refractivity contribution is 0.128. The van der Waals surface area contributed by atoms with E-state index in [-0.39, 0.29) is 5.60 Å². The van der Waals surface area contributed by atoms with E-state index < -0.39 is 0 Å². The van der Waals surface area contributed by atoms with Crippen molar-refractivity contribution in [1.29, 1.82) is 0 Å². The maximum atomic E-state index is 5.34. The van der Waals surface area contributed by atoms with Gasteiger partial charge in [0.15, 0.2) is 0 Å². The van der Waals surface area contributed by atoms with E-state index in [1.165, 1.54) is 7.11 Å². The molecule has 1 rings (SSSR count). The molecule has 62 valence electrons. The number of hydrogen-bond acceptors (Lipinski definition) is 3. The fourth-order valence-electron chi connectivity index (χ4n) is 1.10. The van der Waals surface area contributed by atoms with Crippen LogP contribution < -0.4 is 0 Å². The summed E-state index contributed by atoms with van der Waals surface area (Å²) in [7, 11) is 1.54. The third-order valence-electron chi connectivity index (χ3n) is 1.66.